The van der Waals surface area contributed by atoms with E-state index in [2.05, 4.69) is 5.32 Å². The summed E-state index contributed by atoms with van der Waals surface area (Å²) < 4.78 is 2.03. The maximum Gasteiger partial charge on any atom is 0.329 e. The molecule has 0 fully saturated rings. The summed E-state index contributed by atoms with van der Waals surface area (Å²) in [6, 6.07) is 1.81. The summed E-state index contributed by atoms with van der Waals surface area (Å²) in [6.45, 7) is 10.1. The molecule has 0 radical (unpaired) electrons. The Balaban J connectivity index is 3.04. The first-order chi connectivity index (χ1) is 9.26. The lowest BCUT2D eigenvalue weighted by molar-refractivity contribution is -0.144. The zero-order valence-corrected chi connectivity index (χ0v) is 12.9. The molecule has 1 rings (SSSR count). The van der Waals surface area contributed by atoms with Gasteiger partial charge in [0.1, 0.15) is 5.54 Å². The number of aliphatic carboxylic acids is 1. The number of amides is 1. The van der Waals surface area contributed by atoms with Crippen molar-refractivity contribution in [2.75, 3.05) is 0 Å². The average Bonchev–Trinajstić information content (AvgIpc) is 2.64. The van der Waals surface area contributed by atoms with Gasteiger partial charge >= 0.3 is 5.97 Å². The second kappa shape index (κ2) is 6.11. The average molecular weight is 280 g/mol. The number of nitrogens with zero attached hydrogens (tertiary/aromatic N) is 1. The van der Waals surface area contributed by atoms with Crippen molar-refractivity contribution in [1.82, 2.24) is 9.88 Å². The fourth-order valence-corrected chi connectivity index (χ4v) is 2.56. The quantitative estimate of drug-likeness (QED) is 0.841. The zero-order chi connectivity index (χ0) is 15.5. The highest BCUT2D eigenvalue weighted by molar-refractivity contribution is 5.98. The van der Waals surface area contributed by atoms with Crippen molar-refractivity contribution in [3.8, 4) is 0 Å². The third-order valence-electron chi connectivity index (χ3n) is 3.75. The molecule has 0 aliphatic carbocycles. The minimum absolute atomic E-state index is 0.323. The van der Waals surface area contributed by atoms with E-state index in [0.29, 0.717) is 18.4 Å². The molecule has 0 bridgehead atoms. The Morgan fingerprint density at radius 3 is 2.35 bits per heavy atom. The molecule has 5 nitrogen and oxygen atoms in total. The Hall–Kier alpha value is -1.78. The van der Waals surface area contributed by atoms with Crippen LogP contribution in [0.25, 0.3) is 0 Å². The molecule has 1 aromatic heterocycles. The van der Waals surface area contributed by atoms with E-state index in [1.165, 1.54) is 0 Å². The van der Waals surface area contributed by atoms with Crippen molar-refractivity contribution in [2.24, 2.45) is 0 Å². The summed E-state index contributed by atoms with van der Waals surface area (Å²) in [4.78, 5) is 23.7. The first-order valence-corrected chi connectivity index (χ1v) is 6.99. The van der Waals surface area contributed by atoms with Gasteiger partial charge in [0.2, 0.25) is 0 Å². The van der Waals surface area contributed by atoms with Crippen LogP contribution in [-0.2, 0) is 11.3 Å². The number of rotatable bonds is 6. The Bertz CT molecular complexity index is 519. The molecular formula is C15H24N2O3. The van der Waals surface area contributed by atoms with E-state index >= 15 is 0 Å². The molecule has 1 amide bonds. The van der Waals surface area contributed by atoms with E-state index in [-0.39, 0.29) is 5.91 Å². The molecule has 1 aromatic rings. The third-order valence-corrected chi connectivity index (χ3v) is 3.75. The largest absolute Gasteiger partial charge is 0.480 e. The summed E-state index contributed by atoms with van der Waals surface area (Å²) in [5, 5.41) is 12.0. The van der Waals surface area contributed by atoms with E-state index in [1.807, 2.05) is 38.3 Å². The molecule has 0 aliphatic heterocycles. The van der Waals surface area contributed by atoms with Gasteiger partial charge in [0.05, 0.1) is 5.56 Å². The van der Waals surface area contributed by atoms with Gasteiger partial charge in [-0.3, -0.25) is 4.79 Å². The molecule has 5 heteroatoms. The molecule has 1 unspecified atom stereocenters. The predicted molar refractivity (Wildman–Crippen MR) is 78.0 cm³/mol. The van der Waals surface area contributed by atoms with Gasteiger partial charge in [0.15, 0.2) is 0 Å². The molecule has 1 heterocycles. The smallest absolute Gasteiger partial charge is 0.329 e. The van der Waals surface area contributed by atoms with Crippen LogP contribution >= 0.6 is 0 Å². The van der Waals surface area contributed by atoms with Crippen LogP contribution in [0.15, 0.2) is 6.07 Å². The fourth-order valence-electron chi connectivity index (χ4n) is 2.56. The molecule has 20 heavy (non-hydrogen) atoms. The minimum Gasteiger partial charge on any atom is -0.480 e. The van der Waals surface area contributed by atoms with Crippen LogP contribution in [0.4, 0.5) is 0 Å². The van der Waals surface area contributed by atoms with Crippen LogP contribution in [0.1, 0.15) is 55.4 Å². The van der Waals surface area contributed by atoms with Gasteiger partial charge in [-0.1, -0.05) is 13.3 Å². The SMILES string of the molecule is CCCC(C)(NC(=O)c1cc(C)n(CC)c1C)C(=O)O. The number of carbonyl (C=O) groups is 2. The molecule has 0 aliphatic rings. The van der Waals surface area contributed by atoms with E-state index in [4.69, 9.17) is 0 Å². The van der Waals surface area contributed by atoms with Crippen molar-refractivity contribution >= 4 is 11.9 Å². The third kappa shape index (κ3) is 3.03. The topological polar surface area (TPSA) is 71.3 Å². The maximum atomic E-state index is 12.4. The number of carbonyl (C=O) groups excluding carboxylic acids is 1. The first kappa shape index (κ1) is 16.3. The maximum absolute atomic E-state index is 12.4. The summed E-state index contributed by atoms with van der Waals surface area (Å²) in [6.07, 6.45) is 1.09. The van der Waals surface area contributed by atoms with Crippen molar-refractivity contribution in [3.05, 3.63) is 23.0 Å². The molecule has 0 spiro atoms. The van der Waals surface area contributed by atoms with Crippen LogP contribution in [0.2, 0.25) is 0 Å². The second-order valence-corrected chi connectivity index (χ2v) is 5.37. The van der Waals surface area contributed by atoms with Gasteiger partial charge in [-0.25, -0.2) is 4.79 Å². The summed E-state index contributed by atoms with van der Waals surface area (Å²) in [7, 11) is 0. The Morgan fingerprint density at radius 2 is 1.95 bits per heavy atom. The van der Waals surface area contributed by atoms with Crippen molar-refractivity contribution < 1.29 is 14.7 Å². The Kier molecular flexibility index (Phi) is 4.98. The highest BCUT2D eigenvalue weighted by Gasteiger charge is 2.34. The molecule has 112 valence electrons. The van der Waals surface area contributed by atoms with Gasteiger partial charge in [-0.2, -0.15) is 0 Å². The van der Waals surface area contributed by atoms with E-state index in [0.717, 1.165) is 17.9 Å². The van der Waals surface area contributed by atoms with Gasteiger partial charge in [0.25, 0.3) is 5.91 Å². The van der Waals surface area contributed by atoms with Crippen LogP contribution in [0.5, 0.6) is 0 Å². The molecular weight excluding hydrogens is 256 g/mol. The van der Waals surface area contributed by atoms with Crippen LogP contribution in [-0.4, -0.2) is 27.1 Å². The second-order valence-electron chi connectivity index (χ2n) is 5.37. The van der Waals surface area contributed by atoms with Crippen molar-refractivity contribution in [1.29, 1.82) is 0 Å². The summed E-state index contributed by atoms with van der Waals surface area (Å²) in [5.41, 5.74) is 1.20. The number of carboxylic acid groups (broad SMARTS) is 1. The van der Waals surface area contributed by atoms with Crippen LogP contribution in [0, 0.1) is 13.8 Å². The zero-order valence-electron chi connectivity index (χ0n) is 12.9. The van der Waals surface area contributed by atoms with E-state index in [9.17, 15) is 14.7 Å². The Labute approximate surface area is 120 Å². The summed E-state index contributed by atoms with van der Waals surface area (Å²) in [5.74, 6) is -1.33. The number of nitrogens with one attached hydrogen (secondary N) is 1. The minimum atomic E-state index is -1.22. The highest BCUT2D eigenvalue weighted by Crippen LogP contribution is 2.18. The van der Waals surface area contributed by atoms with Crippen molar-refractivity contribution in [2.45, 2.75) is 59.5 Å². The van der Waals surface area contributed by atoms with Crippen LogP contribution < -0.4 is 5.32 Å². The van der Waals surface area contributed by atoms with Crippen LogP contribution in [0.3, 0.4) is 0 Å². The lowest BCUT2D eigenvalue weighted by Gasteiger charge is -2.25. The lowest BCUT2D eigenvalue weighted by Crippen LogP contribution is -2.52. The number of carboxylic acids is 1. The van der Waals surface area contributed by atoms with Gasteiger partial charge in [0, 0.05) is 17.9 Å². The number of hydrogen-bond acceptors (Lipinski definition) is 2. The van der Waals surface area contributed by atoms with Gasteiger partial charge in [-0.05, 0) is 40.2 Å². The number of hydrogen-bond donors (Lipinski definition) is 2. The Morgan fingerprint density at radius 1 is 1.35 bits per heavy atom. The molecule has 0 saturated heterocycles. The van der Waals surface area contributed by atoms with Gasteiger partial charge in [-0.15, -0.1) is 0 Å². The fraction of sp³-hybridized carbons (Fsp3) is 0.600. The van der Waals surface area contributed by atoms with E-state index < -0.39 is 11.5 Å². The lowest BCUT2D eigenvalue weighted by atomic mass is 9.96. The predicted octanol–water partition coefficient (Wildman–Crippen LogP) is 2.50. The monoisotopic (exact) mass is 280 g/mol. The molecule has 1 atom stereocenters. The number of aromatic nitrogens is 1. The normalized spacial score (nSPS) is 13.8. The first-order valence-electron chi connectivity index (χ1n) is 6.99. The summed E-state index contributed by atoms with van der Waals surface area (Å²) >= 11 is 0. The van der Waals surface area contributed by atoms with E-state index in [1.54, 1.807) is 6.92 Å². The number of aryl methyl sites for hydroxylation is 1. The van der Waals surface area contributed by atoms with Gasteiger partial charge < -0.3 is 15.0 Å². The standard InChI is InChI=1S/C15H24N2O3/c1-6-8-15(5,14(19)20)16-13(18)12-9-10(3)17(7-2)11(12)4/h9H,6-8H2,1-5H3,(H,16,18)(H,19,20). The molecule has 2 N–H and O–H groups in total. The molecule has 0 saturated carbocycles. The van der Waals surface area contributed by atoms with Crippen molar-refractivity contribution in [3.63, 3.8) is 0 Å². The highest BCUT2D eigenvalue weighted by atomic mass is 16.4. The molecule has 0 aromatic carbocycles.